The van der Waals surface area contributed by atoms with Gasteiger partial charge < -0.3 is 9.15 Å². The second-order valence-electron chi connectivity index (χ2n) is 6.55. The topological polar surface area (TPSA) is 78.9 Å². The molecule has 0 aliphatic rings. The smallest absolute Gasteiger partial charge is 0.251 e. The second-order valence-corrected chi connectivity index (χ2v) is 6.55. The number of nitrogens with zero attached hydrogens (tertiary/aromatic N) is 5. The van der Waals surface area contributed by atoms with Crippen molar-refractivity contribution in [2.75, 3.05) is 7.11 Å². The number of para-hydroxylation sites is 1. The fourth-order valence-electron chi connectivity index (χ4n) is 3.15. The van der Waals surface area contributed by atoms with E-state index in [0.29, 0.717) is 11.8 Å². The molecule has 0 amide bonds. The highest BCUT2D eigenvalue weighted by Gasteiger charge is 2.20. The van der Waals surface area contributed by atoms with Gasteiger partial charge in [0.2, 0.25) is 5.89 Å². The van der Waals surface area contributed by atoms with E-state index in [1.54, 1.807) is 19.5 Å². The molecule has 146 valence electrons. The van der Waals surface area contributed by atoms with Crippen LogP contribution in [-0.2, 0) is 0 Å². The van der Waals surface area contributed by atoms with E-state index in [0.717, 1.165) is 33.8 Å². The van der Waals surface area contributed by atoms with Crippen LogP contribution in [0.1, 0.15) is 0 Å². The Bertz CT molecular complexity index is 1260. The Morgan fingerprint density at radius 2 is 1.53 bits per heavy atom. The summed E-state index contributed by atoms with van der Waals surface area (Å²) in [6.45, 7) is 0. The normalized spacial score (nSPS) is 10.8. The van der Waals surface area contributed by atoms with Gasteiger partial charge >= 0.3 is 0 Å². The number of methoxy groups -OCH3 is 1. The van der Waals surface area contributed by atoms with E-state index in [4.69, 9.17) is 14.3 Å². The van der Waals surface area contributed by atoms with Crippen LogP contribution in [-0.4, -0.2) is 32.1 Å². The average molecular weight is 395 g/mol. The fourth-order valence-corrected chi connectivity index (χ4v) is 3.15. The van der Waals surface area contributed by atoms with Gasteiger partial charge in [-0.05, 0) is 48.5 Å². The molecule has 0 spiro atoms. The molecule has 0 aliphatic carbocycles. The van der Waals surface area contributed by atoms with E-state index in [1.807, 2.05) is 77.6 Å². The van der Waals surface area contributed by atoms with E-state index in [-0.39, 0.29) is 0 Å². The van der Waals surface area contributed by atoms with Gasteiger partial charge in [-0.3, -0.25) is 4.98 Å². The predicted octanol–water partition coefficient (Wildman–Crippen LogP) is 4.66. The van der Waals surface area contributed by atoms with Crippen LogP contribution >= 0.6 is 0 Å². The van der Waals surface area contributed by atoms with Crippen molar-refractivity contribution in [1.82, 2.24) is 25.0 Å². The van der Waals surface area contributed by atoms with E-state index < -0.39 is 0 Å². The van der Waals surface area contributed by atoms with Crippen LogP contribution in [0.5, 0.6) is 5.75 Å². The largest absolute Gasteiger partial charge is 0.497 e. The van der Waals surface area contributed by atoms with E-state index in [1.165, 1.54) is 0 Å². The molecule has 0 atom stereocenters. The number of benzene rings is 2. The first kappa shape index (κ1) is 17.8. The molecule has 0 aliphatic heterocycles. The molecule has 30 heavy (non-hydrogen) atoms. The first-order chi connectivity index (χ1) is 14.8. The number of pyridine rings is 1. The first-order valence-corrected chi connectivity index (χ1v) is 9.35. The average Bonchev–Trinajstić information content (AvgIpc) is 3.48. The summed E-state index contributed by atoms with van der Waals surface area (Å²) in [5.41, 5.74) is 4.16. The summed E-state index contributed by atoms with van der Waals surface area (Å²) in [6.07, 6.45) is 5.28. The van der Waals surface area contributed by atoms with Crippen LogP contribution in [0.2, 0.25) is 0 Å². The zero-order valence-corrected chi connectivity index (χ0v) is 16.1. The lowest BCUT2D eigenvalue weighted by atomic mass is 10.1. The summed E-state index contributed by atoms with van der Waals surface area (Å²) in [5.74, 6) is 1.61. The van der Waals surface area contributed by atoms with Gasteiger partial charge in [0.05, 0.1) is 18.4 Å². The summed E-state index contributed by atoms with van der Waals surface area (Å²) in [4.78, 5) is 4.03. The molecule has 5 rings (SSSR count). The van der Waals surface area contributed by atoms with Gasteiger partial charge in [0.1, 0.15) is 11.4 Å². The summed E-state index contributed by atoms with van der Waals surface area (Å²) in [6, 6.07) is 21.3. The van der Waals surface area contributed by atoms with Crippen LogP contribution < -0.4 is 4.74 Å². The lowest BCUT2D eigenvalue weighted by Crippen LogP contribution is -1.94. The number of hydrogen-bond donors (Lipinski definition) is 0. The Balaban J connectivity index is 1.63. The Morgan fingerprint density at radius 3 is 2.27 bits per heavy atom. The monoisotopic (exact) mass is 395 g/mol. The lowest BCUT2D eigenvalue weighted by Gasteiger charge is -2.02. The first-order valence-electron chi connectivity index (χ1n) is 9.35. The summed E-state index contributed by atoms with van der Waals surface area (Å²) in [5, 5.41) is 13.3. The van der Waals surface area contributed by atoms with Crippen LogP contribution in [0.4, 0.5) is 0 Å². The molecular formula is C23H17N5O2. The zero-order valence-electron chi connectivity index (χ0n) is 16.1. The van der Waals surface area contributed by atoms with Gasteiger partial charge in [-0.1, -0.05) is 18.2 Å². The molecule has 0 fully saturated rings. The highest BCUT2D eigenvalue weighted by Crippen LogP contribution is 2.33. The van der Waals surface area contributed by atoms with Crippen LogP contribution in [0.3, 0.4) is 0 Å². The Hall–Kier alpha value is -4.26. The number of ether oxygens (including phenoxy) is 1. The Morgan fingerprint density at radius 1 is 0.800 bits per heavy atom. The lowest BCUT2D eigenvalue weighted by molar-refractivity contribution is 0.415. The van der Waals surface area contributed by atoms with Crippen molar-refractivity contribution in [3.05, 3.63) is 85.3 Å². The van der Waals surface area contributed by atoms with Gasteiger partial charge in [-0.15, -0.1) is 10.2 Å². The maximum Gasteiger partial charge on any atom is 0.251 e. The van der Waals surface area contributed by atoms with E-state index >= 15 is 0 Å². The molecule has 7 nitrogen and oxygen atoms in total. The van der Waals surface area contributed by atoms with Crippen LogP contribution in [0.25, 0.3) is 39.9 Å². The number of aromatic nitrogens is 5. The summed E-state index contributed by atoms with van der Waals surface area (Å²) < 4.78 is 13.1. The van der Waals surface area contributed by atoms with Gasteiger partial charge in [-0.25, -0.2) is 4.68 Å². The molecule has 3 aromatic heterocycles. The maximum absolute atomic E-state index is 5.98. The van der Waals surface area contributed by atoms with Crippen molar-refractivity contribution in [1.29, 1.82) is 0 Å². The van der Waals surface area contributed by atoms with Crippen molar-refractivity contribution < 1.29 is 9.15 Å². The maximum atomic E-state index is 5.98. The molecule has 2 aromatic carbocycles. The van der Waals surface area contributed by atoms with Gasteiger partial charge in [-0.2, -0.15) is 5.10 Å². The third kappa shape index (κ3) is 3.33. The van der Waals surface area contributed by atoms with Gasteiger partial charge in [0.15, 0.2) is 0 Å². The van der Waals surface area contributed by atoms with Gasteiger partial charge in [0, 0.05) is 29.7 Å². The van der Waals surface area contributed by atoms with Crippen molar-refractivity contribution in [3.63, 3.8) is 0 Å². The molecule has 0 bridgehead atoms. The number of hydrogen-bond acceptors (Lipinski definition) is 6. The molecule has 3 heterocycles. The fraction of sp³-hybridized carbons (Fsp3) is 0.0435. The van der Waals surface area contributed by atoms with Crippen molar-refractivity contribution in [2.45, 2.75) is 0 Å². The van der Waals surface area contributed by atoms with Crippen molar-refractivity contribution in [3.8, 4) is 45.6 Å². The highest BCUT2D eigenvalue weighted by molar-refractivity contribution is 5.77. The quantitative estimate of drug-likeness (QED) is 0.431. The highest BCUT2D eigenvalue weighted by atomic mass is 16.5. The molecule has 5 aromatic rings. The molecule has 7 heteroatoms. The summed E-state index contributed by atoms with van der Waals surface area (Å²) in [7, 11) is 1.64. The van der Waals surface area contributed by atoms with Crippen molar-refractivity contribution in [2.24, 2.45) is 0 Å². The Kier molecular flexibility index (Phi) is 4.53. The van der Waals surface area contributed by atoms with Crippen LogP contribution in [0.15, 0.2) is 89.7 Å². The minimum Gasteiger partial charge on any atom is -0.497 e. The molecular weight excluding hydrogens is 378 g/mol. The standard InChI is InChI=1S/C23H17N5O2/c1-29-19-9-7-16(8-10-19)21-20(15-28(27-21)18-5-3-2-4-6-18)23-26-25-22(30-23)17-11-13-24-14-12-17/h2-15H,1H3. The summed E-state index contributed by atoms with van der Waals surface area (Å²) >= 11 is 0. The molecule has 0 unspecified atom stereocenters. The van der Waals surface area contributed by atoms with Gasteiger partial charge in [0.25, 0.3) is 5.89 Å². The van der Waals surface area contributed by atoms with Crippen LogP contribution in [0, 0.1) is 0 Å². The predicted molar refractivity (Wildman–Crippen MR) is 112 cm³/mol. The molecule has 0 N–H and O–H groups in total. The molecule has 0 radical (unpaired) electrons. The minimum atomic E-state index is 0.398. The van der Waals surface area contributed by atoms with Crippen molar-refractivity contribution >= 4 is 0 Å². The molecule has 0 saturated heterocycles. The Labute approximate surface area is 172 Å². The second kappa shape index (κ2) is 7.63. The molecule has 0 saturated carbocycles. The van der Waals surface area contributed by atoms with E-state index in [9.17, 15) is 0 Å². The zero-order chi connectivity index (χ0) is 20.3. The third-order valence-corrected chi connectivity index (χ3v) is 4.68. The van der Waals surface area contributed by atoms with E-state index in [2.05, 4.69) is 15.2 Å². The number of rotatable bonds is 5. The SMILES string of the molecule is COc1ccc(-c2nn(-c3ccccc3)cc2-c2nnc(-c3ccncc3)o2)cc1. The minimum absolute atomic E-state index is 0.398. The third-order valence-electron chi connectivity index (χ3n) is 4.68.